The Labute approximate surface area is 141 Å². The van der Waals surface area contributed by atoms with E-state index in [-0.39, 0.29) is 0 Å². The highest BCUT2D eigenvalue weighted by atomic mass is 127. The first-order valence-corrected chi connectivity index (χ1v) is 8.97. The van der Waals surface area contributed by atoms with E-state index in [2.05, 4.69) is 71.8 Å². The van der Waals surface area contributed by atoms with E-state index in [1.807, 2.05) is 0 Å². The molecule has 3 atom stereocenters. The van der Waals surface area contributed by atoms with Crippen LogP contribution in [0.25, 0.3) is 0 Å². The van der Waals surface area contributed by atoms with Crippen molar-refractivity contribution >= 4 is 39.9 Å². The number of hydrogen-bond acceptors (Lipinski definition) is 2. The summed E-state index contributed by atoms with van der Waals surface area (Å²) in [5.74, 6) is 0.693. The maximum Gasteiger partial charge on any atom is 0.0650 e. The first kappa shape index (κ1) is 16.4. The molecule has 1 saturated heterocycles. The zero-order valence-corrected chi connectivity index (χ0v) is 15.4. The summed E-state index contributed by atoms with van der Waals surface area (Å²) in [6, 6.07) is 7.47. The van der Waals surface area contributed by atoms with Crippen LogP contribution in [0.2, 0.25) is 5.02 Å². The zero-order valence-electron chi connectivity index (χ0n) is 12.5. The van der Waals surface area contributed by atoms with Crippen molar-refractivity contribution in [3.63, 3.8) is 0 Å². The molecule has 1 fully saturated rings. The molecular weight excluding hydrogens is 383 g/mol. The minimum atomic E-state index is 0.535. The molecule has 4 heteroatoms. The maximum atomic E-state index is 6.48. The summed E-state index contributed by atoms with van der Waals surface area (Å²) in [5.41, 5.74) is 1.19. The number of benzene rings is 1. The molecule has 0 aromatic heterocycles. The van der Waals surface area contributed by atoms with Crippen molar-refractivity contribution < 1.29 is 0 Å². The molecule has 1 N–H and O–H groups in total. The van der Waals surface area contributed by atoms with E-state index >= 15 is 0 Å². The number of rotatable bonds is 4. The van der Waals surface area contributed by atoms with Gasteiger partial charge in [0.1, 0.15) is 0 Å². The Morgan fingerprint density at radius 2 is 2.20 bits per heavy atom. The Morgan fingerprint density at radius 1 is 1.45 bits per heavy atom. The summed E-state index contributed by atoms with van der Waals surface area (Å²) in [7, 11) is 0. The number of nitrogens with zero attached hydrogens (tertiary/aromatic N) is 1. The average Bonchev–Trinajstić information content (AvgIpc) is 2.46. The van der Waals surface area contributed by atoms with E-state index in [4.69, 9.17) is 11.6 Å². The molecule has 1 aromatic rings. The molecule has 2 nitrogen and oxygen atoms in total. The van der Waals surface area contributed by atoms with Crippen LogP contribution in [0.4, 0.5) is 5.69 Å². The first-order valence-electron chi connectivity index (χ1n) is 7.51. The van der Waals surface area contributed by atoms with Gasteiger partial charge in [-0.1, -0.05) is 38.8 Å². The molecule has 1 aliphatic rings. The van der Waals surface area contributed by atoms with Gasteiger partial charge in [-0.3, -0.25) is 0 Å². The van der Waals surface area contributed by atoms with Crippen LogP contribution < -0.4 is 10.2 Å². The molecule has 0 spiro atoms. The predicted octanol–water partition coefficient (Wildman–Crippen LogP) is 4.55. The van der Waals surface area contributed by atoms with Gasteiger partial charge in [-0.25, -0.2) is 0 Å². The van der Waals surface area contributed by atoms with E-state index < -0.39 is 0 Å². The van der Waals surface area contributed by atoms with Crippen LogP contribution in [0.3, 0.4) is 0 Å². The maximum absolute atomic E-state index is 6.48. The zero-order chi connectivity index (χ0) is 14.7. The first-order chi connectivity index (χ1) is 9.56. The standard InChI is InChI=1S/C16H24ClIN2/c1-4-11(3)15-10-20(13(5-2)9-19-15)16-7-6-12(18)8-14(16)17/h6-8,11,13,15,19H,4-5,9-10H2,1-3H3. The SMILES string of the molecule is CCC(C)C1CN(c2ccc(I)cc2Cl)C(CC)CN1. The molecule has 3 unspecified atom stereocenters. The summed E-state index contributed by atoms with van der Waals surface area (Å²) in [6.45, 7) is 8.95. The van der Waals surface area contributed by atoms with E-state index in [9.17, 15) is 0 Å². The fourth-order valence-corrected chi connectivity index (χ4v) is 3.83. The molecule has 1 aliphatic heterocycles. The predicted molar refractivity (Wildman–Crippen MR) is 96.8 cm³/mol. The fourth-order valence-electron chi connectivity index (χ4n) is 2.86. The molecule has 1 heterocycles. The second-order valence-electron chi connectivity index (χ2n) is 5.71. The third-order valence-electron chi connectivity index (χ3n) is 4.47. The van der Waals surface area contributed by atoms with Gasteiger partial charge < -0.3 is 10.2 Å². The molecule has 1 aromatic carbocycles. The van der Waals surface area contributed by atoms with Crippen molar-refractivity contribution in [2.24, 2.45) is 5.92 Å². The highest BCUT2D eigenvalue weighted by Crippen LogP contribution is 2.31. The topological polar surface area (TPSA) is 15.3 Å². The second-order valence-corrected chi connectivity index (χ2v) is 7.36. The van der Waals surface area contributed by atoms with Gasteiger partial charge in [0.25, 0.3) is 0 Å². The van der Waals surface area contributed by atoms with E-state index in [1.54, 1.807) is 0 Å². The van der Waals surface area contributed by atoms with E-state index in [0.29, 0.717) is 18.0 Å². The Morgan fingerprint density at radius 3 is 2.80 bits per heavy atom. The van der Waals surface area contributed by atoms with Crippen molar-refractivity contribution in [2.45, 2.75) is 45.7 Å². The Bertz CT molecular complexity index is 452. The van der Waals surface area contributed by atoms with Crippen molar-refractivity contribution in [1.29, 1.82) is 0 Å². The minimum absolute atomic E-state index is 0.535. The van der Waals surface area contributed by atoms with Crippen molar-refractivity contribution in [2.75, 3.05) is 18.0 Å². The molecule has 0 amide bonds. The lowest BCUT2D eigenvalue weighted by atomic mass is 9.94. The van der Waals surface area contributed by atoms with Gasteiger partial charge in [-0.15, -0.1) is 0 Å². The van der Waals surface area contributed by atoms with Crippen LogP contribution in [-0.2, 0) is 0 Å². The molecule has 2 rings (SSSR count). The van der Waals surface area contributed by atoms with Gasteiger partial charge in [0, 0.05) is 28.7 Å². The Balaban J connectivity index is 2.24. The number of nitrogens with one attached hydrogen (secondary N) is 1. The number of halogens is 2. The molecule has 0 aliphatic carbocycles. The third-order valence-corrected chi connectivity index (χ3v) is 5.44. The van der Waals surface area contributed by atoms with E-state index in [1.165, 1.54) is 15.7 Å². The van der Waals surface area contributed by atoms with Gasteiger partial charge in [0.05, 0.1) is 10.7 Å². The Hall–Kier alpha value is -0.000000000000000132. The lowest BCUT2D eigenvalue weighted by Crippen LogP contribution is -2.58. The quantitative estimate of drug-likeness (QED) is 0.738. The highest BCUT2D eigenvalue weighted by Gasteiger charge is 2.30. The summed E-state index contributed by atoms with van der Waals surface area (Å²) < 4.78 is 1.19. The summed E-state index contributed by atoms with van der Waals surface area (Å²) >= 11 is 8.79. The van der Waals surface area contributed by atoms with Crippen molar-refractivity contribution in [1.82, 2.24) is 5.32 Å². The fraction of sp³-hybridized carbons (Fsp3) is 0.625. The third kappa shape index (κ3) is 3.60. The van der Waals surface area contributed by atoms with Gasteiger partial charge >= 0.3 is 0 Å². The van der Waals surface area contributed by atoms with Gasteiger partial charge in [-0.2, -0.15) is 0 Å². The average molecular weight is 407 g/mol. The molecule has 112 valence electrons. The molecular formula is C16H24ClIN2. The van der Waals surface area contributed by atoms with Gasteiger partial charge in [-0.05, 0) is 53.1 Å². The summed E-state index contributed by atoms with van der Waals surface area (Å²) in [5, 5.41) is 4.59. The minimum Gasteiger partial charge on any atom is -0.365 e. The number of piperazine rings is 1. The largest absolute Gasteiger partial charge is 0.365 e. The molecule has 0 bridgehead atoms. The molecule has 20 heavy (non-hydrogen) atoms. The molecule has 0 radical (unpaired) electrons. The second kappa shape index (κ2) is 7.32. The normalized spacial score (nSPS) is 24.8. The summed E-state index contributed by atoms with van der Waals surface area (Å²) in [6.07, 6.45) is 2.35. The van der Waals surface area contributed by atoms with Gasteiger partial charge in [0.15, 0.2) is 0 Å². The van der Waals surface area contributed by atoms with E-state index in [0.717, 1.165) is 24.5 Å². The van der Waals surface area contributed by atoms with Gasteiger partial charge in [0.2, 0.25) is 0 Å². The number of hydrogen-bond donors (Lipinski definition) is 1. The smallest absolute Gasteiger partial charge is 0.0650 e. The summed E-state index contributed by atoms with van der Waals surface area (Å²) in [4.78, 5) is 2.51. The van der Waals surface area contributed by atoms with Crippen LogP contribution in [-0.4, -0.2) is 25.2 Å². The Kier molecular flexibility index (Phi) is 5.99. The van der Waals surface area contributed by atoms with Crippen molar-refractivity contribution in [3.05, 3.63) is 26.8 Å². The highest BCUT2D eigenvalue weighted by molar-refractivity contribution is 14.1. The van der Waals surface area contributed by atoms with Crippen LogP contribution in [0.5, 0.6) is 0 Å². The van der Waals surface area contributed by atoms with Crippen LogP contribution >= 0.6 is 34.2 Å². The van der Waals surface area contributed by atoms with Crippen LogP contribution in [0.1, 0.15) is 33.6 Å². The number of anilines is 1. The monoisotopic (exact) mass is 406 g/mol. The lowest BCUT2D eigenvalue weighted by Gasteiger charge is -2.44. The van der Waals surface area contributed by atoms with Crippen LogP contribution in [0, 0.1) is 9.49 Å². The lowest BCUT2D eigenvalue weighted by molar-refractivity contribution is 0.306. The van der Waals surface area contributed by atoms with Crippen LogP contribution in [0.15, 0.2) is 18.2 Å². The van der Waals surface area contributed by atoms with Crippen molar-refractivity contribution in [3.8, 4) is 0 Å². The molecule has 0 saturated carbocycles.